The molecule has 0 aromatic heterocycles. The number of nitrogens with one attached hydrogen (secondary N) is 1. The van der Waals surface area contributed by atoms with Crippen LogP contribution in [0.2, 0.25) is 0 Å². The number of benzene rings is 1. The lowest BCUT2D eigenvalue weighted by Crippen LogP contribution is -2.32. The van der Waals surface area contributed by atoms with E-state index >= 15 is 0 Å². The molecule has 20 heavy (non-hydrogen) atoms. The van der Waals surface area contributed by atoms with Gasteiger partial charge < -0.3 is 10.1 Å². The van der Waals surface area contributed by atoms with Gasteiger partial charge in [0.1, 0.15) is 5.75 Å². The first kappa shape index (κ1) is 15.2. The molecule has 2 rings (SSSR count). The topological polar surface area (TPSA) is 38.3 Å². The molecule has 1 aromatic carbocycles. The van der Waals surface area contributed by atoms with Gasteiger partial charge in [0.2, 0.25) is 5.91 Å². The van der Waals surface area contributed by atoms with Crippen molar-refractivity contribution in [3.63, 3.8) is 0 Å². The molecule has 1 N–H and O–H groups in total. The van der Waals surface area contributed by atoms with Crippen LogP contribution in [-0.2, 0) is 4.79 Å². The van der Waals surface area contributed by atoms with Gasteiger partial charge in [-0.3, -0.25) is 4.79 Å². The lowest BCUT2D eigenvalue weighted by Gasteiger charge is -2.25. The third-order valence-electron chi connectivity index (χ3n) is 3.65. The summed E-state index contributed by atoms with van der Waals surface area (Å²) in [5.74, 6) is 1.39. The maximum absolute atomic E-state index is 11.7. The first-order valence-corrected chi connectivity index (χ1v) is 7.76. The highest BCUT2D eigenvalue weighted by atomic mass is 35.5. The monoisotopic (exact) mass is 295 g/mol. The quantitative estimate of drug-likeness (QED) is 0.817. The molecule has 0 aliphatic heterocycles. The molecule has 1 fully saturated rings. The smallest absolute Gasteiger partial charge is 0.223 e. The van der Waals surface area contributed by atoms with E-state index in [-0.39, 0.29) is 11.3 Å². The van der Waals surface area contributed by atoms with Crippen LogP contribution in [-0.4, -0.2) is 24.4 Å². The van der Waals surface area contributed by atoms with Crippen LogP contribution < -0.4 is 10.1 Å². The molecule has 2 unspecified atom stereocenters. The normalized spacial score (nSPS) is 22.2. The zero-order valence-corrected chi connectivity index (χ0v) is 12.4. The van der Waals surface area contributed by atoms with E-state index in [1.54, 1.807) is 0 Å². The summed E-state index contributed by atoms with van der Waals surface area (Å²) in [6, 6.07) is 9.55. The molecule has 1 amide bonds. The molecule has 110 valence electrons. The van der Waals surface area contributed by atoms with Gasteiger partial charge in [0.25, 0.3) is 0 Å². The van der Waals surface area contributed by atoms with Gasteiger partial charge in [0, 0.05) is 11.9 Å². The molecule has 2 atom stereocenters. The van der Waals surface area contributed by atoms with E-state index in [1.807, 2.05) is 30.3 Å². The molecule has 1 aromatic rings. The molecular weight excluding hydrogens is 274 g/mol. The van der Waals surface area contributed by atoms with Gasteiger partial charge >= 0.3 is 0 Å². The molecule has 0 radical (unpaired) electrons. The number of hydrogen-bond donors (Lipinski definition) is 1. The predicted octanol–water partition coefficient (Wildman–Crippen LogP) is 3.37. The lowest BCUT2D eigenvalue weighted by atomic mass is 9.89. The molecule has 3 nitrogen and oxygen atoms in total. The highest BCUT2D eigenvalue weighted by molar-refractivity contribution is 6.20. The minimum Gasteiger partial charge on any atom is -0.493 e. The van der Waals surface area contributed by atoms with Crippen molar-refractivity contribution in [1.29, 1.82) is 0 Å². The van der Waals surface area contributed by atoms with Crippen LogP contribution in [0.3, 0.4) is 0 Å². The maximum Gasteiger partial charge on any atom is 0.223 e. The second kappa shape index (κ2) is 8.15. The fraction of sp³-hybridized carbons (Fsp3) is 0.562. The van der Waals surface area contributed by atoms with Crippen molar-refractivity contribution in [2.24, 2.45) is 5.92 Å². The first-order chi connectivity index (χ1) is 9.74. The summed E-state index contributed by atoms with van der Waals surface area (Å²) in [5.41, 5.74) is 0. The molecule has 0 bridgehead atoms. The molecule has 0 spiro atoms. The van der Waals surface area contributed by atoms with E-state index in [0.29, 0.717) is 18.9 Å². The van der Waals surface area contributed by atoms with Crippen LogP contribution in [0.15, 0.2) is 30.3 Å². The van der Waals surface area contributed by atoms with Gasteiger partial charge in [-0.15, -0.1) is 11.6 Å². The Morgan fingerprint density at radius 1 is 1.30 bits per heavy atom. The minimum absolute atomic E-state index is 0.0534. The summed E-state index contributed by atoms with van der Waals surface area (Å²) in [4.78, 5) is 11.7. The Morgan fingerprint density at radius 2 is 2.10 bits per heavy atom. The Kier molecular flexibility index (Phi) is 6.19. The Bertz CT molecular complexity index is 410. The fourth-order valence-electron chi connectivity index (χ4n) is 2.54. The number of ether oxygens (including phenoxy) is 1. The van der Waals surface area contributed by atoms with Crippen LogP contribution >= 0.6 is 11.6 Å². The Labute approximate surface area is 125 Å². The Morgan fingerprint density at radius 3 is 2.85 bits per heavy atom. The second-order valence-corrected chi connectivity index (χ2v) is 5.96. The number of halogens is 1. The van der Waals surface area contributed by atoms with Crippen LogP contribution in [0.5, 0.6) is 5.75 Å². The van der Waals surface area contributed by atoms with Crippen molar-refractivity contribution < 1.29 is 9.53 Å². The SMILES string of the molecule is O=C(CCOc1ccccc1)NCC1CCCC(Cl)C1. The number of rotatable bonds is 6. The average molecular weight is 296 g/mol. The van der Waals surface area contributed by atoms with Crippen molar-refractivity contribution >= 4 is 17.5 Å². The zero-order valence-electron chi connectivity index (χ0n) is 11.7. The average Bonchev–Trinajstić information content (AvgIpc) is 2.46. The van der Waals surface area contributed by atoms with E-state index in [1.165, 1.54) is 12.8 Å². The number of carbonyl (C=O) groups is 1. The number of para-hydroxylation sites is 1. The predicted molar refractivity (Wildman–Crippen MR) is 81.2 cm³/mol. The van der Waals surface area contributed by atoms with Crippen LogP contribution in [0.4, 0.5) is 0 Å². The third-order valence-corrected chi connectivity index (χ3v) is 4.04. The first-order valence-electron chi connectivity index (χ1n) is 7.32. The van der Waals surface area contributed by atoms with Gasteiger partial charge in [0.15, 0.2) is 0 Å². The van der Waals surface area contributed by atoms with E-state index in [0.717, 1.165) is 25.1 Å². The van der Waals surface area contributed by atoms with E-state index in [4.69, 9.17) is 16.3 Å². The lowest BCUT2D eigenvalue weighted by molar-refractivity contribution is -0.121. The number of carbonyl (C=O) groups excluding carboxylic acids is 1. The fourth-order valence-corrected chi connectivity index (χ4v) is 2.94. The summed E-state index contributed by atoms with van der Waals surface area (Å²) >= 11 is 6.15. The van der Waals surface area contributed by atoms with Gasteiger partial charge in [0.05, 0.1) is 13.0 Å². The number of amides is 1. The van der Waals surface area contributed by atoms with Gasteiger partial charge in [-0.25, -0.2) is 0 Å². The van der Waals surface area contributed by atoms with Crippen molar-refractivity contribution in [3.8, 4) is 5.75 Å². The van der Waals surface area contributed by atoms with E-state index in [2.05, 4.69) is 5.32 Å². The molecule has 1 aliphatic rings. The summed E-state index contributed by atoms with van der Waals surface area (Å²) in [6.45, 7) is 1.16. The largest absolute Gasteiger partial charge is 0.493 e. The van der Waals surface area contributed by atoms with Crippen LogP contribution in [0.1, 0.15) is 32.1 Å². The third kappa shape index (κ3) is 5.41. The van der Waals surface area contributed by atoms with E-state index < -0.39 is 0 Å². The summed E-state index contributed by atoms with van der Waals surface area (Å²) < 4.78 is 5.50. The summed E-state index contributed by atoms with van der Waals surface area (Å²) in [6.07, 6.45) is 4.86. The molecular formula is C16H22ClNO2. The molecule has 4 heteroatoms. The highest BCUT2D eigenvalue weighted by Gasteiger charge is 2.20. The minimum atomic E-state index is 0.0534. The van der Waals surface area contributed by atoms with Crippen molar-refractivity contribution in [2.45, 2.75) is 37.5 Å². The molecule has 1 saturated carbocycles. The van der Waals surface area contributed by atoms with Crippen LogP contribution in [0.25, 0.3) is 0 Å². The van der Waals surface area contributed by atoms with Crippen molar-refractivity contribution in [2.75, 3.05) is 13.2 Å². The van der Waals surface area contributed by atoms with Crippen LogP contribution in [0, 0.1) is 5.92 Å². The maximum atomic E-state index is 11.7. The highest BCUT2D eigenvalue weighted by Crippen LogP contribution is 2.27. The van der Waals surface area contributed by atoms with Gasteiger partial charge in [-0.1, -0.05) is 24.6 Å². The summed E-state index contributed by atoms with van der Waals surface area (Å²) in [5, 5.41) is 3.27. The van der Waals surface area contributed by atoms with Gasteiger partial charge in [-0.05, 0) is 37.3 Å². The van der Waals surface area contributed by atoms with Crippen molar-refractivity contribution in [3.05, 3.63) is 30.3 Å². The Hall–Kier alpha value is -1.22. The molecule has 1 aliphatic carbocycles. The molecule has 0 heterocycles. The number of alkyl halides is 1. The molecule has 0 saturated heterocycles. The number of hydrogen-bond acceptors (Lipinski definition) is 2. The Balaban J connectivity index is 1.58. The summed E-state index contributed by atoms with van der Waals surface area (Å²) in [7, 11) is 0. The second-order valence-electron chi connectivity index (χ2n) is 5.35. The zero-order chi connectivity index (χ0) is 14.2. The van der Waals surface area contributed by atoms with E-state index in [9.17, 15) is 4.79 Å². The van der Waals surface area contributed by atoms with Gasteiger partial charge in [-0.2, -0.15) is 0 Å². The van der Waals surface area contributed by atoms with Crippen molar-refractivity contribution in [1.82, 2.24) is 5.32 Å². The standard InChI is InChI=1S/C16H22ClNO2/c17-14-6-4-5-13(11-14)12-18-16(19)9-10-20-15-7-2-1-3-8-15/h1-3,7-8,13-14H,4-6,9-12H2,(H,18,19).